The molecule has 0 fully saturated rings. The number of nitrogens with two attached hydrogens (primary N) is 1. The minimum Gasteiger partial charge on any atom is -0.493 e. The fraction of sp³-hybridized carbons (Fsp3) is 0.667. The highest BCUT2D eigenvalue weighted by Crippen LogP contribution is 2.09. The summed E-state index contributed by atoms with van der Waals surface area (Å²) in [4.78, 5) is 0. The summed E-state index contributed by atoms with van der Waals surface area (Å²) < 4.78 is 4.85. The fourth-order valence-corrected chi connectivity index (χ4v) is 0.830. The van der Waals surface area contributed by atoms with Gasteiger partial charge in [-0.15, -0.1) is 0 Å². The van der Waals surface area contributed by atoms with Crippen molar-refractivity contribution in [1.82, 2.24) is 0 Å². The molecule has 10 heavy (non-hydrogen) atoms. The lowest BCUT2D eigenvalue weighted by atomic mass is 10.1. The number of aliphatic hydroxyl groups excluding tert-OH is 2. The summed E-state index contributed by atoms with van der Waals surface area (Å²) in [6.45, 7) is -0.209. The van der Waals surface area contributed by atoms with Crippen molar-refractivity contribution in [3.8, 4) is 0 Å². The Hall–Kier alpha value is -0.580. The average Bonchev–Trinajstić information content (AvgIpc) is 1.95. The molecular weight excluding hydrogens is 134 g/mol. The van der Waals surface area contributed by atoms with E-state index in [1.54, 1.807) is 6.08 Å². The predicted octanol–water partition coefficient (Wildman–Crippen LogP) is -1.42. The molecule has 0 amide bonds. The summed E-state index contributed by atoms with van der Waals surface area (Å²) >= 11 is 0. The van der Waals surface area contributed by atoms with Gasteiger partial charge in [0.2, 0.25) is 0 Å². The van der Waals surface area contributed by atoms with Crippen molar-refractivity contribution < 1.29 is 14.9 Å². The van der Waals surface area contributed by atoms with Gasteiger partial charge in [0, 0.05) is 0 Å². The molecule has 4 heteroatoms. The summed E-state index contributed by atoms with van der Waals surface area (Å²) in [6.07, 6.45) is 1.59. The molecule has 0 unspecified atom stereocenters. The van der Waals surface area contributed by atoms with Crippen LogP contribution in [0.4, 0.5) is 0 Å². The summed E-state index contributed by atoms with van der Waals surface area (Å²) in [5.74, 6) is 0. The van der Waals surface area contributed by atoms with Crippen LogP contribution >= 0.6 is 0 Å². The highest BCUT2D eigenvalue weighted by molar-refractivity contribution is 4.99. The van der Waals surface area contributed by atoms with Crippen LogP contribution in [-0.4, -0.2) is 35.1 Å². The molecule has 0 spiro atoms. The van der Waals surface area contributed by atoms with Crippen molar-refractivity contribution in [2.75, 3.05) is 6.61 Å². The summed E-state index contributed by atoms with van der Waals surface area (Å²) in [6, 6.07) is -0.425. The van der Waals surface area contributed by atoms with Gasteiger partial charge in [-0.1, -0.05) is 0 Å². The Morgan fingerprint density at radius 1 is 1.60 bits per heavy atom. The molecule has 0 saturated heterocycles. The molecule has 0 radical (unpaired) electrons. The summed E-state index contributed by atoms with van der Waals surface area (Å²) in [7, 11) is 0. The van der Waals surface area contributed by atoms with Crippen LogP contribution in [0.1, 0.15) is 0 Å². The minimum atomic E-state index is -0.796. The standard InChI is InChI=1S/C6H11NO3/c7-4-1-2-10-5(3-8)6(4)9/h1-2,4-6,8-9H,3,7H2/t4-,5+,6-/m0/s1. The number of ether oxygens (including phenoxy) is 1. The van der Waals surface area contributed by atoms with Crippen LogP contribution in [0.3, 0.4) is 0 Å². The molecular formula is C6H11NO3. The quantitative estimate of drug-likeness (QED) is 0.423. The van der Waals surface area contributed by atoms with E-state index in [9.17, 15) is 5.11 Å². The van der Waals surface area contributed by atoms with Crippen LogP contribution in [0.25, 0.3) is 0 Å². The van der Waals surface area contributed by atoms with Gasteiger partial charge in [0.1, 0.15) is 12.2 Å². The Morgan fingerprint density at radius 3 is 2.80 bits per heavy atom. The van der Waals surface area contributed by atoms with Gasteiger partial charge in [-0.3, -0.25) is 0 Å². The first kappa shape index (κ1) is 7.53. The number of rotatable bonds is 1. The topological polar surface area (TPSA) is 75.7 Å². The van der Waals surface area contributed by atoms with E-state index >= 15 is 0 Å². The van der Waals surface area contributed by atoms with Crippen molar-refractivity contribution in [1.29, 1.82) is 0 Å². The van der Waals surface area contributed by atoms with Gasteiger partial charge < -0.3 is 20.7 Å². The van der Waals surface area contributed by atoms with E-state index in [2.05, 4.69) is 0 Å². The largest absolute Gasteiger partial charge is 0.493 e. The molecule has 0 aliphatic carbocycles. The van der Waals surface area contributed by atoms with Gasteiger partial charge >= 0.3 is 0 Å². The van der Waals surface area contributed by atoms with E-state index in [0.29, 0.717) is 0 Å². The zero-order chi connectivity index (χ0) is 7.56. The number of aliphatic hydroxyl groups is 2. The van der Waals surface area contributed by atoms with E-state index in [1.807, 2.05) is 0 Å². The number of hydrogen-bond acceptors (Lipinski definition) is 4. The van der Waals surface area contributed by atoms with Crippen LogP contribution < -0.4 is 5.73 Å². The molecule has 0 bridgehead atoms. The van der Waals surface area contributed by atoms with Crippen LogP contribution in [0.2, 0.25) is 0 Å². The normalized spacial score (nSPS) is 39.3. The van der Waals surface area contributed by atoms with Gasteiger partial charge in [0.15, 0.2) is 0 Å². The molecule has 0 aromatic carbocycles. The van der Waals surface area contributed by atoms with Crippen LogP contribution in [0.15, 0.2) is 12.3 Å². The van der Waals surface area contributed by atoms with Crippen molar-refractivity contribution in [3.63, 3.8) is 0 Å². The third kappa shape index (κ3) is 1.29. The predicted molar refractivity (Wildman–Crippen MR) is 35.1 cm³/mol. The first-order valence-corrected chi connectivity index (χ1v) is 3.12. The lowest BCUT2D eigenvalue weighted by Gasteiger charge is -2.27. The average molecular weight is 145 g/mol. The van der Waals surface area contributed by atoms with Crippen molar-refractivity contribution in [2.45, 2.75) is 18.2 Å². The molecule has 0 aromatic rings. The first-order valence-electron chi connectivity index (χ1n) is 3.12. The molecule has 58 valence electrons. The van der Waals surface area contributed by atoms with E-state index in [4.69, 9.17) is 15.6 Å². The van der Waals surface area contributed by atoms with E-state index in [-0.39, 0.29) is 6.61 Å². The monoisotopic (exact) mass is 145 g/mol. The maximum atomic E-state index is 9.18. The molecule has 4 N–H and O–H groups in total. The first-order chi connectivity index (χ1) is 4.75. The molecule has 3 atom stereocenters. The van der Waals surface area contributed by atoms with Gasteiger partial charge in [-0.25, -0.2) is 0 Å². The molecule has 0 saturated carbocycles. The lowest BCUT2D eigenvalue weighted by Crippen LogP contribution is -2.46. The molecule has 0 aromatic heterocycles. The second-order valence-corrected chi connectivity index (χ2v) is 2.25. The van der Waals surface area contributed by atoms with Crippen molar-refractivity contribution >= 4 is 0 Å². The Labute approximate surface area is 58.9 Å². The van der Waals surface area contributed by atoms with Crippen LogP contribution in [0.5, 0.6) is 0 Å². The molecule has 1 rings (SSSR count). The Kier molecular flexibility index (Phi) is 2.26. The number of hydrogen-bond donors (Lipinski definition) is 3. The zero-order valence-corrected chi connectivity index (χ0v) is 5.47. The van der Waals surface area contributed by atoms with Crippen molar-refractivity contribution in [2.24, 2.45) is 5.73 Å². The zero-order valence-electron chi connectivity index (χ0n) is 5.47. The summed E-state index contributed by atoms with van der Waals surface area (Å²) in [5, 5.41) is 17.8. The fourth-order valence-electron chi connectivity index (χ4n) is 0.830. The second kappa shape index (κ2) is 3.01. The van der Waals surface area contributed by atoms with Gasteiger partial charge in [-0.05, 0) is 6.08 Å². The highest BCUT2D eigenvalue weighted by Gasteiger charge is 2.26. The minimum absolute atomic E-state index is 0.209. The molecule has 1 aliphatic rings. The molecule has 1 aliphatic heterocycles. The van der Waals surface area contributed by atoms with E-state index in [1.165, 1.54) is 6.26 Å². The Morgan fingerprint density at radius 2 is 2.30 bits per heavy atom. The summed E-state index contributed by atoms with van der Waals surface area (Å²) in [5.41, 5.74) is 5.42. The third-order valence-electron chi connectivity index (χ3n) is 1.51. The smallest absolute Gasteiger partial charge is 0.148 e. The van der Waals surface area contributed by atoms with E-state index in [0.717, 1.165) is 0 Å². The van der Waals surface area contributed by atoms with Gasteiger partial charge in [0.05, 0.1) is 18.9 Å². The lowest BCUT2D eigenvalue weighted by molar-refractivity contribution is -0.0387. The Balaban J connectivity index is 2.56. The van der Waals surface area contributed by atoms with Crippen molar-refractivity contribution in [3.05, 3.63) is 12.3 Å². The second-order valence-electron chi connectivity index (χ2n) is 2.25. The third-order valence-corrected chi connectivity index (χ3v) is 1.51. The van der Waals surface area contributed by atoms with Crippen LogP contribution in [-0.2, 0) is 4.74 Å². The van der Waals surface area contributed by atoms with Crippen LogP contribution in [0, 0.1) is 0 Å². The highest BCUT2D eigenvalue weighted by atomic mass is 16.5. The maximum Gasteiger partial charge on any atom is 0.148 e. The van der Waals surface area contributed by atoms with E-state index < -0.39 is 18.2 Å². The van der Waals surface area contributed by atoms with Gasteiger partial charge in [-0.2, -0.15) is 0 Å². The molecule has 4 nitrogen and oxygen atoms in total. The van der Waals surface area contributed by atoms with Gasteiger partial charge in [0.25, 0.3) is 0 Å². The maximum absolute atomic E-state index is 9.18. The Bertz CT molecular complexity index is 137. The SMILES string of the molecule is N[C@H]1C=CO[C@H](CO)[C@H]1O. The molecule has 1 heterocycles.